The molecule has 3 nitrogen and oxygen atoms in total. The van der Waals surface area contributed by atoms with Crippen LogP contribution in [0.4, 0.5) is 0 Å². The van der Waals surface area contributed by atoms with E-state index in [1.54, 1.807) is 0 Å². The standard InChI is InChI=1S/C12H23NO2/c1-10(2)5-3-4-6-13-8-11(9-14)7-12(13)15/h10-11,14H,3-9H2,1-2H3. The van der Waals surface area contributed by atoms with Crippen molar-refractivity contribution >= 4 is 5.91 Å². The van der Waals surface area contributed by atoms with Gasteiger partial charge in [-0.1, -0.05) is 26.7 Å². The second kappa shape index (κ2) is 6.11. The molecule has 0 spiro atoms. The zero-order valence-corrected chi connectivity index (χ0v) is 9.91. The number of aliphatic hydroxyl groups excluding tert-OH is 1. The molecule has 15 heavy (non-hydrogen) atoms. The molecule has 88 valence electrons. The van der Waals surface area contributed by atoms with Crippen LogP contribution in [0.5, 0.6) is 0 Å². The van der Waals surface area contributed by atoms with Crippen molar-refractivity contribution < 1.29 is 9.90 Å². The van der Waals surface area contributed by atoms with Gasteiger partial charge in [0.2, 0.25) is 5.91 Å². The fourth-order valence-corrected chi connectivity index (χ4v) is 2.05. The summed E-state index contributed by atoms with van der Waals surface area (Å²) >= 11 is 0. The minimum atomic E-state index is 0.147. The molecule has 0 aromatic rings. The molecule has 1 heterocycles. The lowest BCUT2D eigenvalue weighted by molar-refractivity contribution is -0.127. The van der Waals surface area contributed by atoms with Crippen LogP contribution in [0.3, 0.4) is 0 Å². The highest BCUT2D eigenvalue weighted by molar-refractivity contribution is 5.78. The fourth-order valence-electron chi connectivity index (χ4n) is 2.05. The molecule has 0 radical (unpaired) electrons. The van der Waals surface area contributed by atoms with Crippen LogP contribution < -0.4 is 0 Å². The molecule has 1 saturated heterocycles. The summed E-state index contributed by atoms with van der Waals surface area (Å²) in [6.45, 7) is 6.24. The first kappa shape index (κ1) is 12.5. The van der Waals surface area contributed by atoms with Crippen molar-refractivity contribution in [2.24, 2.45) is 11.8 Å². The molecule has 1 atom stereocenters. The Morgan fingerprint density at radius 3 is 2.73 bits per heavy atom. The fraction of sp³-hybridized carbons (Fsp3) is 0.917. The molecule has 0 aromatic heterocycles. The van der Waals surface area contributed by atoms with Crippen LogP contribution in [0.15, 0.2) is 0 Å². The number of carbonyl (C=O) groups excluding carboxylic acids is 1. The van der Waals surface area contributed by atoms with E-state index in [0.717, 1.165) is 25.4 Å². The first-order chi connectivity index (χ1) is 7.13. The maximum atomic E-state index is 11.5. The summed E-state index contributed by atoms with van der Waals surface area (Å²) in [6.07, 6.45) is 4.08. The second-order valence-electron chi connectivity index (χ2n) is 4.98. The Hall–Kier alpha value is -0.570. The number of hydrogen-bond acceptors (Lipinski definition) is 2. The highest BCUT2D eigenvalue weighted by Crippen LogP contribution is 2.18. The molecule has 1 aliphatic rings. The third kappa shape index (κ3) is 4.20. The Labute approximate surface area is 92.5 Å². The van der Waals surface area contributed by atoms with Gasteiger partial charge in [-0.25, -0.2) is 0 Å². The number of unbranched alkanes of at least 4 members (excludes halogenated alkanes) is 1. The molecular weight excluding hydrogens is 190 g/mol. The Balaban J connectivity index is 2.14. The normalized spacial score (nSPS) is 21.7. The molecule has 1 N–H and O–H groups in total. The highest BCUT2D eigenvalue weighted by atomic mass is 16.3. The molecular formula is C12H23NO2. The first-order valence-corrected chi connectivity index (χ1v) is 6.02. The zero-order valence-electron chi connectivity index (χ0n) is 9.91. The quantitative estimate of drug-likeness (QED) is 0.682. The van der Waals surface area contributed by atoms with Gasteiger partial charge in [-0.15, -0.1) is 0 Å². The third-order valence-electron chi connectivity index (χ3n) is 3.01. The largest absolute Gasteiger partial charge is 0.396 e. The van der Waals surface area contributed by atoms with Crippen LogP contribution in [0.2, 0.25) is 0 Å². The van der Waals surface area contributed by atoms with Gasteiger partial charge in [0.15, 0.2) is 0 Å². The average Bonchev–Trinajstić information content (AvgIpc) is 2.54. The summed E-state index contributed by atoms with van der Waals surface area (Å²) < 4.78 is 0. The van der Waals surface area contributed by atoms with Crippen molar-refractivity contribution in [3.05, 3.63) is 0 Å². The van der Waals surface area contributed by atoms with Gasteiger partial charge >= 0.3 is 0 Å². The van der Waals surface area contributed by atoms with Crippen molar-refractivity contribution in [1.29, 1.82) is 0 Å². The van der Waals surface area contributed by atoms with E-state index in [1.807, 2.05) is 4.90 Å². The number of rotatable bonds is 6. The minimum absolute atomic E-state index is 0.147. The first-order valence-electron chi connectivity index (χ1n) is 6.02. The number of nitrogens with zero attached hydrogens (tertiary/aromatic N) is 1. The van der Waals surface area contributed by atoms with Crippen molar-refractivity contribution in [2.75, 3.05) is 19.7 Å². The van der Waals surface area contributed by atoms with E-state index < -0.39 is 0 Å². The van der Waals surface area contributed by atoms with Gasteiger partial charge in [0.25, 0.3) is 0 Å². The number of likely N-dealkylation sites (tertiary alicyclic amines) is 1. The molecule has 0 bridgehead atoms. The van der Waals surface area contributed by atoms with E-state index in [0.29, 0.717) is 6.42 Å². The van der Waals surface area contributed by atoms with E-state index in [2.05, 4.69) is 13.8 Å². The van der Waals surface area contributed by atoms with E-state index >= 15 is 0 Å². The molecule has 1 rings (SSSR count). The second-order valence-corrected chi connectivity index (χ2v) is 4.98. The molecule has 1 fully saturated rings. The summed E-state index contributed by atoms with van der Waals surface area (Å²) in [5.41, 5.74) is 0. The van der Waals surface area contributed by atoms with Crippen molar-refractivity contribution in [3.63, 3.8) is 0 Å². The minimum Gasteiger partial charge on any atom is -0.396 e. The maximum absolute atomic E-state index is 11.5. The lowest BCUT2D eigenvalue weighted by Crippen LogP contribution is -2.26. The molecule has 1 amide bonds. The van der Waals surface area contributed by atoms with Crippen molar-refractivity contribution in [1.82, 2.24) is 4.90 Å². The van der Waals surface area contributed by atoms with Crippen molar-refractivity contribution in [3.8, 4) is 0 Å². The Morgan fingerprint density at radius 1 is 1.47 bits per heavy atom. The lowest BCUT2D eigenvalue weighted by atomic mass is 10.1. The monoisotopic (exact) mass is 213 g/mol. The molecule has 0 aromatic carbocycles. The Kier molecular flexibility index (Phi) is 5.09. The van der Waals surface area contributed by atoms with E-state index in [1.165, 1.54) is 12.8 Å². The highest BCUT2D eigenvalue weighted by Gasteiger charge is 2.28. The summed E-state index contributed by atoms with van der Waals surface area (Å²) in [6, 6.07) is 0. The summed E-state index contributed by atoms with van der Waals surface area (Å²) in [7, 11) is 0. The predicted octanol–water partition coefficient (Wildman–Crippen LogP) is 1.65. The van der Waals surface area contributed by atoms with Crippen LogP contribution in [-0.2, 0) is 4.79 Å². The van der Waals surface area contributed by atoms with Gasteiger partial charge in [0.1, 0.15) is 0 Å². The topological polar surface area (TPSA) is 40.5 Å². The smallest absolute Gasteiger partial charge is 0.223 e. The Bertz CT molecular complexity index is 204. The number of carbonyl (C=O) groups is 1. The zero-order chi connectivity index (χ0) is 11.3. The third-order valence-corrected chi connectivity index (χ3v) is 3.01. The summed E-state index contributed by atoms with van der Waals surface area (Å²) in [5, 5.41) is 8.97. The summed E-state index contributed by atoms with van der Waals surface area (Å²) in [4.78, 5) is 13.4. The Morgan fingerprint density at radius 2 is 2.20 bits per heavy atom. The van der Waals surface area contributed by atoms with E-state index in [4.69, 9.17) is 5.11 Å². The molecule has 0 aliphatic carbocycles. The lowest BCUT2D eigenvalue weighted by Gasteiger charge is -2.16. The maximum Gasteiger partial charge on any atom is 0.223 e. The summed E-state index contributed by atoms with van der Waals surface area (Å²) in [5.74, 6) is 1.16. The van der Waals surface area contributed by atoms with Gasteiger partial charge in [-0.3, -0.25) is 4.79 Å². The van der Waals surface area contributed by atoms with Gasteiger partial charge < -0.3 is 10.0 Å². The average molecular weight is 213 g/mol. The van der Waals surface area contributed by atoms with Crippen LogP contribution in [-0.4, -0.2) is 35.6 Å². The molecule has 1 unspecified atom stereocenters. The van der Waals surface area contributed by atoms with E-state index in [9.17, 15) is 4.79 Å². The number of amides is 1. The van der Waals surface area contributed by atoms with Gasteiger partial charge in [0, 0.05) is 32.0 Å². The molecule has 1 aliphatic heterocycles. The van der Waals surface area contributed by atoms with Gasteiger partial charge in [-0.2, -0.15) is 0 Å². The van der Waals surface area contributed by atoms with Crippen LogP contribution in [0.1, 0.15) is 39.5 Å². The number of hydrogen-bond donors (Lipinski definition) is 1. The van der Waals surface area contributed by atoms with Crippen LogP contribution in [0, 0.1) is 11.8 Å². The predicted molar refractivity (Wildman–Crippen MR) is 60.5 cm³/mol. The number of aliphatic hydroxyl groups is 1. The van der Waals surface area contributed by atoms with Crippen LogP contribution in [0.25, 0.3) is 0 Å². The van der Waals surface area contributed by atoms with Crippen LogP contribution >= 0.6 is 0 Å². The van der Waals surface area contributed by atoms with E-state index in [-0.39, 0.29) is 18.4 Å². The van der Waals surface area contributed by atoms with Gasteiger partial charge in [0.05, 0.1) is 0 Å². The molecule has 3 heteroatoms. The SMILES string of the molecule is CC(C)CCCCN1CC(CO)CC1=O. The van der Waals surface area contributed by atoms with Gasteiger partial charge in [-0.05, 0) is 12.3 Å². The van der Waals surface area contributed by atoms with Crippen molar-refractivity contribution in [2.45, 2.75) is 39.5 Å². The molecule has 0 saturated carbocycles.